The van der Waals surface area contributed by atoms with Gasteiger partial charge in [-0.05, 0) is 37.1 Å². The highest BCUT2D eigenvalue weighted by Crippen LogP contribution is 2.29. The number of benzene rings is 1. The van der Waals surface area contributed by atoms with Crippen molar-refractivity contribution in [3.8, 4) is 5.88 Å². The first-order valence-corrected chi connectivity index (χ1v) is 8.02. The molecule has 0 saturated carbocycles. The molecule has 0 aliphatic carbocycles. The molecule has 122 valence electrons. The van der Waals surface area contributed by atoms with Gasteiger partial charge in [-0.15, -0.1) is 0 Å². The van der Waals surface area contributed by atoms with Gasteiger partial charge in [0.05, 0.1) is 16.9 Å². The Labute approximate surface area is 133 Å². The zero-order valence-electron chi connectivity index (χ0n) is 12.7. The number of aromatic nitrogens is 1. The van der Waals surface area contributed by atoms with E-state index in [-0.39, 0.29) is 22.2 Å². The van der Waals surface area contributed by atoms with Gasteiger partial charge >= 0.3 is 0 Å². The van der Waals surface area contributed by atoms with E-state index in [9.17, 15) is 18.5 Å². The lowest BCUT2D eigenvalue weighted by atomic mass is 10.1. The Balaban J connectivity index is 2.54. The van der Waals surface area contributed by atoms with E-state index >= 15 is 0 Å². The van der Waals surface area contributed by atoms with Crippen LogP contribution in [0.1, 0.15) is 11.1 Å². The van der Waals surface area contributed by atoms with E-state index in [0.29, 0.717) is 11.1 Å². The number of nitro groups is 1. The van der Waals surface area contributed by atoms with E-state index in [1.165, 1.54) is 25.4 Å². The molecule has 0 aliphatic rings. The van der Waals surface area contributed by atoms with Crippen LogP contribution in [0.25, 0.3) is 0 Å². The summed E-state index contributed by atoms with van der Waals surface area (Å²) in [5.74, 6) is 0.107. The van der Waals surface area contributed by atoms with Crippen LogP contribution in [0.5, 0.6) is 5.88 Å². The highest BCUT2D eigenvalue weighted by atomic mass is 32.2. The van der Waals surface area contributed by atoms with Crippen LogP contribution in [0.15, 0.2) is 35.4 Å². The number of hydrogen-bond donors (Lipinski definition) is 1. The predicted molar refractivity (Wildman–Crippen MR) is 84.2 cm³/mol. The summed E-state index contributed by atoms with van der Waals surface area (Å²) in [6.45, 7) is 3.21. The SMILES string of the molecule is COc1ncccc1NS(=O)(=O)c1cc([N+](=O)[O-])cc(C)c1C. The van der Waals surface area contributed by atoms with E-state index in [4.69, 9.17) is 4.74 Å². The molecule has 0 saturated heterocycles. The third-order valence-corrected chi connectivity index (χ3v) is 4.81. The smallest absolute Gasteiger partial charge is 0.271 e. The number of methoxy groups -OCH3 is 1. The van der Waals surface area contributed by atoms with E-state index in [0.717, 1.165) is 6.07 Å². The monoisotopic (exact) mass is 337 g/mol. The number of nitrogens with one attached hydrogen (secondary N) is 1. The Morgan fingerprint density at radius 1 is 1.30 bits per heavy atom. The maximum Gasteiger partial charge on any atom is 0.271 e. The minimum Gasteiger partial charge on any atom is -0.480 e. The molecule has 9 heteroatoms. The number of ether oxygens (including phenoxy) is 1. The molecule has 1 N–H and O–H groups in total. The van der Waals surface area contributed by atoms with E-state index < -0.39 is 14.9 Å². The lowest BCUT2D eigenvalue weighted by Gasteiger charge is -2.13. The number of non-ortho nitro benzene ring substituents is 1. The third-order valence-electron chi connectivity index (χ3n) is 3.31. The molecule has 1 aromatic carbocycles. The Morgan fingerprint density at radius 2 is 2.00 bits per heavy atom. The first-order valence-electron chi connectivity index (χ1n) is 6.53. The van der Waals surface area contributed by atoms with Crippen molar-refractivity contribution in [3.63, 3.8) is 0 Å². The predicted octanol–water partition coefficient (Wildman–Crippen LogP) is 2.42. The lowest BCUT2D eigenvalue weighted by Crippen LogP contribution is -2.16. The van der Waals surface area contributed by atoms with Crippen LogP contribution in [0.3, 0.4) is 0 Å². The summed E-state index contributed by atoms with van der Waals surface area (Å²) in [5.41, 5.74) is 0.814. The van der Waals surface area contributed by atoms with Crippen LogP contribution >= 0.6 is 0 Å². The second-order valence-electron chi connectivity index (χ2n) is 4.81. The van der Waals surface area contributed by atoms with Gasteiger partial charge in [-0.3, -0.25) is 14.8 Å². The molecule has 0 amide bonds. The van der Waals surface area contributed by atoms with Crippen molar-refractivity contribution in [2.24, 2.45) is 0 Å². The van der Waals surface area contributed by atoms with Crippen molar-refractivity contribution < 1.29 is 18.1 Å². The van der Waals surface area contributed by atoms with Crippen LogP contribution in [0.2, 0.25) is 0 Å². The molecule has 0 atom stereocenters. The maximum atomic E-state index is 12.6. The van der Waals surface area contributed by atoms with Gasteiger partial charge < -0.3 is 4.74 Å². The molecule has 1 aromatic heterocycles. The second-order valence-corrected chi connectivity index (χ2v) is 6.46. The van der Waals surface area contributed by atoms with Gasteiger partial charge in [0.2, 0.25) is 5.88 Å². The number of anilines is 1. The summed E-state index contributed by atoms with van der Waals surface area (Å²) in [5, 5.41) is 11.0. The van der Waals surface area contributed by atoms with Crippen molar-refractivity contribution in [1.82, 2.24) is 4.98 Å². The Kier molecular flexibility index (Phi) is 4.50. The molecular formula is C14H15N3O5S. The fraction of sp³-hybridized carbons (Fsp3) is 0.214. The molecule has 0 bridgehead atoms. The van der Waals surface area contributed by atoms with Crippen LogP contribution in [-0.2, 0) is 10.0 Å². The number of sulfonamides is 1. The molecule has 1 heterocycles. The summed E-state index contributed by atoms with van der Waals surface area (Å²) in [7, 11) is -2.67. The normalized spacial score (nSPS) is 11.1. The topological polar surface area (TPSA) is 111 Å². The number of nitro benzene ring substituents is 1. The van der Waals surface area contributed by atoms with Crippen molar-refractivity contribution in [2.45, 2.75) is 18.7 Å². The fourth-order valence-corrected chi connectivity index (χ4v) is 3.42. The van der Waals surface area contributed by atoms with Crippen molar-refractivity contribution in [3.05, 3.63) is 51.7 Å². The summed E-state index contributed by atoms with van der Waals surface area (Å²) in [4.78, 5) is 14.1. The average Bonchev–Trinajstić information content (AvgIpc) is 2.49. The van der Waals surface area contributed by atoms with Gasteiger partial charge in [0.15, 0.2) is 0 Å². The molecule has 2 aromatic rings. The summed E-state index contributed by atoms with van der Waals surface area (Å²) < 4.78 is 32.5. The number of hydrogen-bond acceptors (Lipinski definition) is 6. The molecule has 0 spiro atoms. The first-order chi connectivity index (χ1) is 10.8. The van der Waals surface area contributed by atoms with Gasteiger partial charge in [-0.1, -0.05) is 0 Å². The van der Waals surface area contributed by atoms with Gasteiger partial charge in [0, 0.05) is 18.3 Å². The van der Waals surface area contributed by atoms with Crippen LogP contribution in [-0.4, -0.2) is 25.4 Å². The second kappa shape index (κ2) is 6.21. The molecule has 8 nitrogen and oxygen atoms in total. The number of aryl methyl sites for hydroxylation is 1. The van der Waals surface area contributed by atoms with Crippen molar-refractivity contribution in [1.29, 1.82) is 0 Å². The van der Waals surface area contributed by atoms with Crippen molar-refractivity contribution in [2.75, 3.05) is 11.8 Å². The Morgan fingerprint density at radius 3 is 2.61 bits per heavy atom. The molecular weight excluding hydrogens is 322 g/mol. The summed E-state index contributed by atoms with van der Waals surface area (Å²) in [6, 6.07) is 5.40. The first kappa shape index (κ1) is 16.7. The standard InChI is InChI=1S/C14H15N3O5S/c1-9-7-11(17(18)19)8-13(10(9)2)23(20,21)16-12-5-4-6-15-14(12)22-3/h4-8,16H,1-3H3. The average molecular weight is 337 g/mol. The van der Waals surface area contributed by atoms with E-state index in [1.807, 2.05) is 0 Å². The summed E-state index contributed by atoms with van der Waals surface area (Å²) >= 11 is 0. The highest BCUT2D eigenvalue weighted by molar-refractivity contribution is 7.92. The van der Waals surface area contributed by atoms with E-state index in [2.05, 4.69) is 9.71 Å². The zero-order chi connectivity index (χ0) is 17.2. The number of pyridine rings is 1. The molecule has 0 unspecified atom stereocenters. The molecule has 23 heavy (non-hydrogen) atoms. The van der Waals surface area contributed by atoms with Crippen LogP contribution in [0, 0.1) is 24.0 Å². The fourth-order valence-electron chi connectivity index (χ4n) is 2.02. The Bertz CT molecular complexity index is 865. The summed E-state index contributed by atoms with van der Waals surface area (Å²) in [6.07, 6.45) is 1.46. The van der Waals surface area contributed by atoms with Gasteiger partial charge in [0.1, 0.15) is 5.69 Å². The lowest BCUT2D eigenvalue weighted by molar-refractivity contribution is -0.385. The number of rotatable bonds is 5. The molecule has 0 fully saturated rings. The zero-order valence-corrected chi connectivity index (χ0v) is 13.5. The third kappa shape index (κ3) is 3.39. The van der Waals surface area contributed by atoms with Crippen LogP contribution in [0.4, 0.5) is 11.4 Å². The largest absolute Gasteiger partial charge is 0.480 e. The molecule has 0 radical (unpaired) electrons. The minimum atomic E-state index is -4.03. The Hall–Kier alpha value is -2.68. The van der Waals surface area contributed by atoms with Gasteiger partial charge in [-0.25, -0.2) is 13.4 Å². The highest BCUT2D eigenvalue weighted by Gasteiger charge is 2.23. The molecule has 2 rings (SSSR count). The van der Waals surface area contributed by atoms with Crippen molar-refractivity contribution >= 4 is 21.4 Å². The minimum absolute atomic E-state index is 0.107. The van der Waals surface area contributed by atoms with E-state index in [1.54, 1.807) is 19.9 Å². The van der Waals surface area contributed by atoms with Gasteiger partial charge in [-0.2, -0.15) is 0 Å². The maximum absolute atomic E-state index is 12.6. The van der Waals surface area contributed by atoms with Gasteiger partial charge in [0.25, 0.3) is 15.7 Å². The quantitative estimate of drug-likeness (QED) is 0.662. The van der Waals surface area contributed by atoms with Crippen LogP contribution < -0.4 is 9.46 Å². The molecule has 0 aliphatic heterocycles. The number of nitrogens with zero attached hydrogens (tertiary/aromatic N) is 2.